The van der Waals surface area contributed by atoms with E-state index in [2.05, 4.69) is 0 Å². The van der Waals surface area contributed by atoms with Crippen LogP contribution in [0.2, 0.25) is 0 Å². The zero-order chi connectivity index (χ0) is 14.2. The molecule has 2 unspecified atom stereocenters. The third kappa shape index (κ3) is 2.61. The van der Waals surface area contributed by atoms with E-state index < -0.39 is 0 Å². The number of hydrogen-bond acceptors (Lipinski definition) is 2. The maximum Gasteiger partial charge on any atom is 0.123 e. The van der Waals surface area contributed by atoms with Gasteiger partial charge in [0.1, 0.15) is 5.82 Å². The van der Waals surface area contributed by atoms with Crippen molar-refractivity contribution >= 4 is 0 Å². The minimum absolute atomic E-state index is 0.00280. The normalized spacial score (nSPS) is 26.9. The monoisotopic (exact) mass is 277 g/mol. The molecule has 110 valence electrons. The average Bonchev–Trinajstić information content (AvgIpc) is 2.86. The summed E-state index contributed by atoms with van der Waals surface area (Å²) in [6.45, 7) is 2.77. The topological polar surface area (TPSA) is 35.2 Å². The van der Waals surface area contributed by atoms with Crippen LogP contribution in [0.1, 0.15) is 55.7 Å². The largest absolute Gasteiger partial charge is 0.375 e. The minimum Gasteiger partial charge on any atom is -0.375 e. The fourth-order valence-electron chi connectivity index (χ4n) is 4.01. The Morgan fingerprint density at radius 1 is 1.35 bits per heavy atom. The Morgan fingerprint density at radius 2 is 2.10 bits per heavy atom. The van der Waals surface area contributed by atoms with Crippen LogP contribution in [0.5, 0.6) is 0 Å². The van der Waals surface area contributed by atoms with Crippen LogP contribution < -0.4 is 5.73 Å². The maximum atomic E-state index is 13.2. The van der Waals surface area contributed by atoms with Gasteiger partial charge in [0, 0.05) is 12.6 Å². The van der Waals surface area contributed by atoms with Crippen molar-refractivity contribution in [3.8, 4) is 0 Å². The smallest absolute Gasteiger partial charge is 0.123 e. The van der Waals surface area contributed by atoms with Gasteiger partial charge in [-0.15, -0.1) is 0 Å². The van der Waals surface area contributed by atoms with Gasteiger partial charge in [0.2, 0.25) is 0 Å². The number of hydrogen-bond donors (Lipinski definition) is 1. The predicted molar refractivity (Wildman–Crippen MR) is 77.9 cm³/mol. The van der Waals surface area contributed by atoms with Crippen LogP contribution >= 0.6 is 0 Å². The van der Waals surface area contributed by atoms with E-state index in [9.17, 15) is 4.39 Å². The van der Waals surface area contributed by atoms with Gasteiger partial charge in [-0.1, -0.05) is 18.9 Å². The van der Waals surface area contributed by atoms with Gasteiger partial charge in [-0.3, -0.25) is 0 Å². The second kappa shape index (κ2) is 5.45. The van der Waals surface area contributed by atoms with Crippen molar-refractivity contribution < 1.29 is 9.13 Å². The Morgan fingerprint density at radius 3 is 2.80 bits per heavy atom. The quantitative estimate of drug-likeness (QED) is 0.890. The van der Waals surface area contributed by atoms with E-state index in [0.29, 0.717) is 5.92 Å². The second-order valence-corrected chi connectivity index (χ2v) is 6.52. The van der Waals surface area contributed by atoms with Gasteiger partial charge in [-0.2, -0.15) is 0 Å². The molecular weight excluding hydrogens is 253 g/mol. The SMILES string of the molecule is Cc1cc(F)ccc1C(N)C1CCOC2(CCCC2)C1. The van der Waals surface area contributed by atoms with Crippen LogP contribution in [0.15, 0.2) is 18.2 Å². The van der Waals surface area contributed by atoms with Crippen LogP contribution in [0, 0.1) is 18.7 Å². The van der Waals surface area contributed by atoms with Crippen molar-refractivity contribution in [2.75, 3.05) is 6.61 Å². The van der Waals surface area contributed by atoms with E-state index in [0.717, 1.165) is 30.6 Å². The van der Waals surface area contributed by atoms with Gasteiger partial charge < -0.3 is 10.5 Å². The molecule has 1 aromatic rings. The summed E-state index contributed by atoms with van der Waals surface area (Å²) >= 11 is 0. The van der Waals surface area contributed by atoms with Gasteiger partial charge in [-0.05, 0) is 61.8 Å². The van der Waals surface area contributed by atoms with E-state index in [4.69, 9.17) is 10.5 Å². The fourth-order valence-corrected chi connectivity index (χ4v) is 4.01. The molecular formula is C17H24FNO. The third-order valence-corrected chi connectivity index (χ3v) is 5.14. The van der Waals surface area contributed by atoms with Crippen LogP contribution in [0.4, 0.5) is 4.39 Å². The fraction of sp³-hybridized carbons (Fsp3) is 0.647. The standard InChI is InChI=1S/C17H24FNO/c1-12-10-14(18)4-5-15(12)16(19)13-6-9-20-17(11-13)7-2-3-8-17/h4-5,10,13,16H,2-3,6-9,11,19H2,1H3. The van der Waals surface area contributed by atoms with E-state index in [-0.39, 0.29) is 17.5 Å². The van der Waals surface area contributed by atoms with Crippen molar-refractivity contribution in [2.24, 2.45) is 11.7 Å². The maximum absolute atomic E-state index is 13.2. The number of nitrogens with two attached hydrogens (primary N) is 1. The predicted octanol–water partition coefficient (Wildman–Crippen LogP) is 3.87. The molecule has 3 heteroatoms. The number of halogens is 1. The summed E-state index contributed by atoms with van der Waals surface area (Å²) < 4.78 is 19.3. The number of aryl methyl sites for hydroxylation is 1. The molecule has 0 amide bonds. The van der Waals surface area contributed by atoms with E-state index in [1.165, 1.54) is 31.7 Å². The van der Waals surface area contributed by atoms with Gasteiger partial charge >= 0.3 is 0 Å². The summed E-state index contributed by atoms with van der Waals surface area (Å²) in [5, 5.41) is 0. The Labute approximate surface area is 120 Å². The van der Waals surface area contributed by atoms with Gasteiger partial charge in [-0.25, -0.2) is 4.39 Å². The molecule has 1 spiro atoms. The van der Waals surface area contributed by atoms with Gasteiger partial charge in [0.15, 0.2) is 0 Å². The first kappa shape index (κ1) is 14.0. The molecule has 1 saturated heterocycles. The van der Waals surface area contributed by atoms with Gasteiger partial charge in [0.05, 0.1) is 5.60 Å². The summed E-state index contributed by atoms with van der Waals surface area (Å²) in [6, 6.07) is 4.95. The molecule has 1 aliphatic heterocycles. The molecule has 0 radical (unpaired) electrons. The van der Waals surface area contributed by atoms with E-state index in [1.807, 2.05) is 13.0 Å². The summed E-state index contributed by atoms with van der Waals surface area (Å²) in [4.78, 5) is 0. The summed E-state index contributed by atoms with van der Waals surface area (Å²) in [5.41, 5.74) is 8.64. The highest BCUT2D eigenvalue weighted by molar-refractivity contribution is 5.30. The van der Waals surface area contributed by atoms with E-state index in [1.54, 1.807) is 6.07 Å². The zero-order valence-electron chi connectivity index (χ0n) is 12.2. The molecule has 1 aliphatic carbocycles. The van der Waals surface area contributed by atoms with Crippen LogP contribution in [-0.4, -0.2) is 12.2 Å². The lowest BCUT2D eigenvalue weighted by Gasteiger charge is -2.40. The molecule has 1 aromatic carbocycles. The summed E-state index contributed by atoms with van der Waals surface area (Å²) in [5.74, 6) is 0.267. The lowest BCUT2D eigenvalue weighted by atomic mass is 9.78. The third-order valence-electron chi connectivity index (χ3n) is 5.14. The molecule has 1 saturated carbocycles. The lowest BCUT2D eigenvalue weighted by molar-refractivity contribution is -0.0964. The van der Waals surface area contributed by atoms with Crippen molar-refractivity contribution in [1.29, 1.82) is 0 Å². The first-order valence-electron chi connectivity index (χ1n) is 7.75. The molecule has 0 aromatic heterocycles. The van der Waals surface area contributed by atoms with E-state index >= 15 is 0 Å². The number of ether oxygens (including phenoxy) is 1. The molecule has 2 aliphatic rings. The first-order chi connectivity index (χ1) is 9.60. The van der Waals surface area contributed by atoms with Crippen molar-refractivity contribution in [2.45, 2.75) is 57.1 Å². The Bertz CT molecular complexity index is 482. The summed E-state index contributed by atoms with van der Waals surface area (Å²) in [7, 11) is 0. The van der Waals surface area contributed by atoms with Crippen molar-refractivity contribution in [1.82, 2.24) is 0 Å². The molecule has 3 rings (SSSR count). The van der Waals surface area contributed by atoms with Crippen LogP contribution in [0.3, 0.4) is 0 Å². The zero-order valence-corrected chi connectivity index (χ0v) is 12.2. The molecule has 20 heavy (non-hydrogen) atoms. The molecule has 2 nitrogen and oxygen atoms in total. The van der Waals surface area contributed by atoms with Crippen molar-refractivity contribution in [3.05, 3.63) is 35.1 Å². The number of rotatable bonds is 2. The molecule has 2 N–H and O–H groups in total. The van der Waals surface area contributed by atoms with Crippen LogP contribution in [-0.2, 0) is 4.74 Å². The molecule has 0 bridgehead atoms. The first-order valence-corrected chi connectivity index (χ1v) is 7.75. The molecule has 2 fully saturated rings. The highest BCUT2D eigenvalue weighted by Gasteiger charge is 2.41. The van der Waals surface area contributed by atoms with Gasteiger partial charge in [0.25, 0.3) is 0 Å². The minimum atomic E-state index is -0.183. The highest BCUT2D eigenvalue weighted by atomic mass is 19.1. The number of benzene rings is 1. The Balaban J connectivity index is 1.77. The Hall–Kier alpha value is -0.930. The second-order valence-electron chi connectivity index (χ2n) is 6.52. The highest BCUT2D eigenvalue weighted by Crippen LogP contribution is 2.45. The molecule has 2 atom stereocenters. The Kier molecular flexibility index (Phi) is 3.83. The lowest BCUT2D eigenvalue weighted by Crippen LogP contribution is -2.40. The van der Waals surface area contributed by atoms with Crippen molar-refractivity contribution in [3.63, 3.8) is 0 Å². The summed E-state index contributed by atoms with van der Waals surface area (Å²) in [6.07, 6.45) is 6.98. The average molecular weight is 277 g/mol. The molecule has 1 heterocycles. The van der Waals surface area contributed by atoms with Crippen LogP contribution in [0.25, 0.3) is 0 Å².